The normalized spacial score (nSPS) is 21.1. The van der Waals surface area contributed by atoms with E-state index in [1.165, 1.54) is 12.1 Å². The Balaban J connectivity index is 2.29. The van der Waals surface area contributed by atoms with E-state index in [4.69, 9.17) is 0 Å². The molecule has 0 bridgehead atoms. The molecule has 0 aromatic heterocycles. The van der Waals surface area contributed by atoms with Gasteiger partial charge in [-0.2, -0.15) is 0 Å². The maximum absolute atomic E-state index is 13.8. The lowest BCUT2D eigenvalue weighted by atomic mass is 9.83. The van der Waals surface area contributed by atoms with Crippen LogP contribution in [0.15, 0.2) is 53.8 Å². The second-order valence-corrected chi connectivity index (χ2v) is 6.17. The smallest absolute Gasteiger partial charge is 0.229 e. The van der Waals surface area contributed by atoms with Gasteiger partial charge in [0.05, 0.1) is 11.6 Å². The van der Waals surface area contributed by atoms with Gasteiger partial charge in [0.25, 0.3) is 0 Å². The highest BCUT2D eigenvalue weighted by Crippen LogP contribution is 2.34. The lowest BCUT2D eigenvalue weighted by molar-refractivity contribution is -0.121. The molecule has 3 nitrogen and oxygen atoms in total. The number of rotatable bonds is 5. The van der Waals surface area contributed by atoms with Crippen molar-refractivity contribution in [3.05, 3.63) is 65.4 Å². The van der Waals surface area contributed by atoms with Gasteiger partial charge in [-0.1, -0.05) is 30.4 Å². The fourth-order valence-corrected chi connectivity index (χ4v) is 2.89. The molecule has 1 aliphatic rings. The predicted molar refractivity (Wildman–Crippen MR) is 92.3 cm³/mol. The van der Waals surface area contributed by atoms with E-state index in [1.54, 1.807) is 0 Å². The second kappa shape index (κ2) is 6.99. The van der Waals surface area contributed by atoms with Crippen LogP contribution in [0.25, 0.3) is 0 Å². The molecule has 1 aromatic carbocycles. The molecule has 0 aliphatic carbocycles. The Morgan fingerprint density at radius 1 is 1.25 bits per heavy atom. The minimum absolute atomic E-state index is 0.0308. The topological polar surface area (TPSA) is 41.1 Å². The fraction of sp³-hybridized carbons (Fsp3) is 0.316. The Bertz CT molecular complexity index is 737. The highest BCUT2D eigenvalue weighted by Gasteiger charge is 2.38. The summed E-state index contributed by atoms with van der Waals surface area (Å²) >= 11 is 0. The maximum atomic E-state index is 13.8. The molecule has 0 radical (unpaired) electrons. The van der Waals surface area contributed by atoms with E-state index in [1.807, 2.05) is 20.8 Å². The van der Waals surface area contributed by atoms with Gasteiger partial charge in [0.2, 0.25) is 5.91 Å². The maximum Gasteiger partial charge on any atom is 0.229 e. The third-order valence-corrected chi connectivity index (χ3v) is 4.59. The summed E-state index contributed by atoms with van der Waals surface area (Å²) in [6, 6.07) is 3.85. The third-order valence-electron chi connectivity index (χ3n) is 4.59. The van der Waals surface area contributed by atoms with Crippen LogP contribution in [0.5, 0.6) is 0 Å². The second-order valence-electron chi connectivity index (χ2n) is 6.17. The van der Waals surface area contributed by atoms with E-state index < -0.39 is 17.6 Å². The molecule has 1 amide bonds. The number of benzene rings is 1. The van der Waals surface area contributed by atoms with E-state index >= 15 is 0 Å². The molecule has 5 heteroatoms. The Labute approximate surface area is 141 Å². The van der Waals surface area contributed by atoms with Crippen LogP contribution in [0, 0.1) is 23.5 Å². The molecular weight excluding hydrogens is 310 g/mol. The third kappa shape index (κ3) is 3.40. The minimum atomic E-state index is -0.987. The summed E-state index contributed by atoms with van der Waals surface area (Å²) in [5, 5.41) is 5.58. The van der Waals surface area contributed by atoms with E-state index in [-0.39, 0.29) is 17.5 Å². The Morgan fingerprint density at radius 3 is 2.54 bits per heavy atom. The quantitative estimate of drug-likeness (QED) is 0.795. The largest absolute Gasteiger partial charge is 0.356 e. The molecule has 1 aliphatic heterocycles. The van der Waals surface area contributed by atoms with Crippen molar-refractivity contribution in [2.24, 2.45) is 11.8 Å². The zero-order valence-electron chi connectivity index (χ0n) is 14.2. The summed E-state index contributed by atoms with van der Waals surface area (Å²) in [4.78, 5) is 12.2. The van der Waals surface area contributed by atoms with E-state index in [2.05, 4.69) is 23.8 Å². The SMILES string of the molecule is C=C(C)/C(C)=C(\C)[C@H]1CNC(=O)[C@@H]1C(=C)Nc1cccc(F)c1F. The lowest BCUT2D eigenvalue weighted by Gasteiger charge is -2.23. The first-order chi connectivity index (χ1) is 11.2. The predicted octanol–water partition coefficient (Wildman–Crippen LogP) is 4.17. The Hall–Kier alpha value is -2.43. The number of anilines is 1. The molecule has 2 rings (SSSR count). The number of hydrogen-bond donors (Lipinski definition) is 2. The van der Waals surface area contributed by atoms with Gasteiger partial charge in [0.1, 0.15) is 0 Å². The Morgan fingerprint density at radius 2 is 1.92 bits per heavy atom. The molecule has 2 atom stereocenters. The van der Waals surface area contributed by atoms with Crippen LogP contribution in [-0.4, -0.2) is 12.5 Å². The molecular formula is C19H22F2N2O. The number of halogens is 2. The minimum Gasteiger partial charge on any atom is -0.356 e. The van der Waals surface area contributed by atoms with Crippen molar-refractivity contribution in [2.75, 3.05) is 11.9 Å². The van der Waals surface area contributed by atoms with Crippen molar-refractivity contribution >= 4 is 11.6 Å². The average Bonchev–Trinajstić information content (AvgIpc) is 2.92. The zero-order chi connectivity index (χ0) is 18.0. The highest BCUT2D eigenvalue weighted by atomic mass is 19.2. The summed E-state index contributed by atoms with van der Waals surface area (Å²) in [7, 11) is 0. The summed E-state index contributed by atoms with van der Waals surface area (Å²) in [6.45, 7) is 14.1. The van der Waals surface area contributed by atoms with Gasteiger partial charge in [-0.3, -0.25) is 4.79 Å². The number of carbonyl (C=O) groups excluding carboxylic acids is 1. The number of carbonyl (C=O) groups is 1. The van der Waals surface area contributed by atoms with Gasteiger partial charge >= 0.3 is 0 Å². The molecule has 0 unspecified atom stereocenters. The van der Waals surface area contributed by atoms with Crippen molar-refractivity contribution in [3.8, 4) is 0 Å². The summed E-state index contributed by atoms with van der Waals surface area (Å²) in [5.41, 5.74) is 3.31. The van der Waals surface area contributed by atoms with Crippen LogP contribution in [0.2, 0.25) is 0 Å². The molecule has 0 spiro atoms. The van der Waals surface area contributed by atoms with Crippen molar-refractivity contribution in [3.63, 3.8) is 0 Å². The molecule has 1 aromatic rings. The summed E-state index contributed by atoms with van der Waals surface area (Å²) < 4.78 is 27.2. The van der Waals surface area contributed by atoms with Crippen LogP contribution in [0.4, 0.5) is 14.5 Å². The zero-order valence-corrected chi connectivity index (χ0v) is 14.2. The molecule has 0 saturated carbocycles. The van der Waals surface area contributed by atoms with Crippen LogP contribution in [0.1, 0.15) is 20.8 Å². The van der Waals surface area contributed by atoms with E-state index in [0.717, 1.165) is 22.8 Å². The van der Waals surface area contributed by atoms with Crippen LogP contribution < -0.4 is 10.6 Å². The molecule has 2 N–H and O–H groups in total. The monoisotopic (exact) mass is 332 g/mol. The van der Waals surface area contributed by atoms with Crippen molar-refractivity contribution in [1.29, 1.82) is 0 Å². The van der Waals surface area contributed by atoms with Gasteiger partial charge < -0.3 is 10.6 Å². The molecule has 128 valence electrons. The molecule has 1 heterocycles. The number of amides is 1. The fourth-order valence-electron chi connectivity index (χ4n) is 2.89. The first kappa shape index (κ1) is 17.9. The van der Waals surface area contributed by atoms with Crippen molar-refractivity contribution < 1.29 is 13.6 Å². The molecule has 24 heavy (non-hydrogen) atoms. The van der Waals surface area contributed by atoms with E-state index in [0.29, 0.717) is 12.2 Å². The van der Waals surface area contributed by atoms with Crippen LogP contribution in [-0.2, 0) is 4.79 Å². The Kier molecular flexibility index (Phi) is 5.22. The van der Waals surface area contributed by atoms with Crippen LogP contribution in [0.3, 0.4) is 0 Å². The van der Waals surface area contributed by atoms with Crippen LogP contribution >= 0.6 is 0 Å². The first-order valence-corrected chi connectivity index (χ1v) is 7.74. The van der Waals surface area contributed by atoms with Crippen molar-refractivity contribution in [1.82, 2.24) is 5.32 Å². The molecule has 1 saturated heterocycles. The summed E-state index contributed by atoms with van der Waals surface area (Å²) in [5.74, 6) is -2.77. The number of nitrogens with one attached hydrogen (secondary N) is 2. The van der Waals surface area contributed by atoms with Gasteiger partial charge in [-0.15, -0.1) is 0 Å². The van der Waals surface area contributed by atoms with Crippen molar-refractivity contribution in [2.45, 2.75) is 20.8 Å². The highest BCUT2D eigenvalue weighted by molar-refractivity contribution is 5.85. The average molecular weight is 332 g/mol. The molecule has 1 fully saturated rings. The number of allylic oxidation sites excluding steroid dienone is 2. The van der Waals surface area contributed by atoms with Gasteiger partial charge in [-0.25, -0.2) is 8.78 Å². The van der Waals surface area contributed by atoms with Gasteiger partial charge in [0.15, 0.2) is 11.6 Å². The number of hydrogen-bond acceptors (Lipinski definition) is 2. The summed E-state index contributed by atoms with van der Waals surface area (Å²) in [6.07, 6.45) is 0. The standard InChI is InChI=1S/C19H22F2N2O/c1-10(2)11(3)12(4)14-9-22-19(24)17(14)13(5)23-16-8-6-7-15(20)18(16)21/h6-8,14,17,23H,1,5,9H2,2-4H3,(H,22,24)/b12-11+/t14-,17-/m1/s1. The van der Waals surface area contributed by atoms with E-state index in [9.17, 15) is 13.6 Å². The first-order valence-electron chi connectivity index (χ1n) is 7.74. The van der Waals surface area contributed by atoms with Gasteiger partial charge in [-0.05, 0) is 38.5 Å². The van der Waals surface area contributed by atoms with Gasteiger partial charge in [0, 0.05) is 18.2 Å². The lowest BCUT2D eigenvalue weighted by Crippen LogP contribution is -2.25.